The summed E-state index contributed by atoms with van der Waals surface area (Å²) in [7, 11) is 0. The first-order valence-corrected chi connectivity index (χ1v) is 10.6. The van der Waals surface area contributed by atoms with E-state index in [1.165, 1.54) is 30.0 Å². The van der Waals surface area contributed by atoms with Crippen LogP contribution in [-0.4, -0.2) is 92.9 Å². The SMILES string of the molecule is CC(=O)CC(=O)OCC1=C(C(=O)O)N2C(=O)[C@@H](NC(=O)Cc3cccs3)[C@H]2SC1.[NaH]. The molecule has 2 atom stereocenters. The van der Waals surface area contributed by atoms with Crippen LogP contribution in [0.1, 0.15) is 18.2 Å². The van der Waals surface area contributed by atoms with Crippen molar-refractivity contribution >= 4 is 82.2 Å². The number of carbonyl (C=O) groups is 5. The number of thiophene rings is 1. The van der Waals surface area contributed by atoms with Crippen molar-refractivity contribution in [2.45, 2.75) is 31.2 Å². The number of ether oxygens (including phenoxy) is 1. The fourth-order valence-electron chi connectivity index (χ4n) is 3.01. The van der Waals surface area contributed by atoms with E-state index in [1.54, 1.807) is 0 Å². The van der Waals surface area contributed by atoms with Gasteiger partial charge in [-0.25, -0.2) is 4.79 Å². The van der Waals surface area contributed by atoms with E-state index >= 15 is 0 Å². The van der Waals surface area contributed by atoms with Crippen LogP contribution in [0.3, 0.4) is 0 Å². The fraction of sp³-hybridized carbons (Fsp3) is 0.389. The summed E-state index contributed by atoms with van der Waals surface area (Å²) in [5, 5.41) is 13.5. The molecule has 1 aromatic rings. The van der Waals surface area contributed by atoms with Gasteiger partial charge < -0.3 is 15.2 Å². The molecular weight excluding hydrogens is 443 g/mol. The van der Waals surface area contributed by atoms with E-state index in [9.17, 15) is 29.1 Å². The molecule has 3 heterocycles. The van der Waals surface area contributed by atoms with Crippen LogP contribution in [0.5, 0.6) is 0 Å². The molecule has 1 saturated heterocycles. The van der Waals surface area contributed by atoms with E-state index < -0.39 is 35.7 Å². The van der Waals surface area contributed by atoms with Gasteiger partial charge >= 0.3 is 41.5 Å². The number of ketones is 1. The van der Waals surface area contributed by atoms with E-state index in [2.05, 4.69) is 5.32 Å². The van der Waals surface area contributed by atoms with Crippen LogP contribution in [-0.2, 0) is 35.1 Å². The molecule has 12 heteroatoms. The Morgan fingerprint density at radius 3 is 2.67 bits per heavy atom. The van der Waals surface area contributed by atoms with E-state index in [4.69, 9.17) is 4.74 Å². The number of β-lactam (4-membered cyclic amide) rings is 1. The van der Waals surface area contributed by atoms with Crippen LogP contribution in [0.4, 0.5) is 0 Å². The molecule has 0 aromatic carbocycles. The maximum absolute atomic E-state index is 12.5. The normalized spacial score (nSPS) is 19.9. The molecule has 1 aromatic heterocycles. The summed E-state index contributed by atoms with van der Waals surface area (Å²) in [6.07, 6.45) is -0.246. The Balaban J connectivity index is 0.00000320. The van der Waals surface area contributed by atoms with Gasteiger partial charge in [0.05, 0.1) is 6.42 Å². The summed E-state index contributed by atoms with van der Waals surface area (Å²) in [6, 6.07) is 2.85. The van der Waals surface area contributed by atoms with Gasteiger partial charge in [0.2, 0.25) is 5.91 Å². The Morgan fingerprint density at radius 1 is 1.33 bits per heavy atom. The zero-order chi connectivity index (χ0) is 21.1. The first kappa shape index (κ1) is 24.6. The second-order valence-electron chi connectivity index (χ2n) is 6.51. The molecule has 9 nitrogen and oxygen atoms in total. The zero-order valence-corrected chi connectivity index (χ0v) is 17.0. The molecule has 2 amide bonds. The zero-order valence-electron chi connectivity index (χ0n) is 15.4. The van der Waals surface area contributed by atoms with Gasteiger partial charge in [0.15, 0.2) is 0 Å². The van der Waals surface area contributed by atoms with E-state index in [1.807, 2.05) is 17.5 Å². The molecular formula is C18H19N2NaO7S2. The summed E-state index contributed by atoms with van der Waals surface area (Å²) >= 11 is 2.72. The number of rotatable bonds is 8. The van der Waals surface area contributed by atoms with Crippen LogP contribution in [0.15, 0.2) is 28.8 Å². The molecule has 156 valence electrons. The van der Waals surface area contributed by atoms with Crippen molar-refractivity contribution in [1.29, 1.82) is 0 Å². The predicted octanol–water partition coefficient (Wildman–Crippen LogP) is -0.0970. The summed E-state index contributed by atoms with van der Waals surface area (Å²) in [6.45, 7) is 0.933. The van der Waals surface area contributed by atoms with Gasteiger partial charge in [0.25, 0.3) is 5.91 Å². The minimum atomic E-state index is -1.32. The topological polar surface area (TPSA) is 130 Å². The van der Waals surface area contributed by atoms with Crippen LogP contribution in [0, 0.1) is 0 Å². The Morgan fingerprint density at radius 2 is 2.07 bits per heavy atom. The number of hydrogen-bond acceptors (Lipinski definition) is 8. The van der Waals surface area contributed by atoms with Gasteiger partial charge in [0, 0.05) is 16.2 Å². The number of nitrogens with zero attached hydrogens (tertiary/aromatic N) is 1. The third kappa shape index (κ3) is 5.52. The first-order valence-electron chi connectivity index (χ1n) is 8.64. The van der Waals surface area contributed by atoms with Crippen molar-refractivity contribution in [1.82, 2.24) is 10.2 Å². The number of carboxylic acids is 1. The predicted molar refractivity (Wildman–Crippen MR) is 111 cm³/mol. The number of nitrogens with one attached hydrogen (secondary N) is 1. The molecule has 3 rings (SSSR count). The number of Topliss-reactive ketones (excluding diaryl/α,β-unsaturated/α-hetero) is 1. The number of hydrogen-bond donors (Lipinski definition) is 2. The molecule has 30 heavy (non-hydrogen) atoms. The third-order valence-electron chi connectivity index (χ3n) is 4.28. The van der Waals surface area contributed by atoms with Crippen LogP contribution < -0.4 is 5.32 Å². The fourth-order valence-corrected chi connectivity index (χ4v) is 5.04. The molecule has 0 spiro atoms. The Hall–Kier alpha value is -1.66. The molecule has 0 radical (unpaired) electrons. The number of carboxylic acid groups (broad SMARTS) is 1. The summed E-state index contributed by atoms with van der Waals surface area (Å²) in [5.74, 6) is -3.04. The van der Waals surface area contributed by atoms with Crippen molar-refractivity contribution in [2.24, 2.45) is 0 Å². The van der Waals surface area contributed by atoms with Gasteiger partial charge in [-0.1, -0.05) is 6.07 Å². The molecule has 2 aliphatic heterocycles. The van der Waals surface area contributed by atoms with Crippen molar-refractivity contribution in [3.8, 4) is 0 Å². The molecule has 0 unspecified atom stereocenters. The second-order valence-corrected chi connectivity index (χ2v) is 8.65. The van der Waals surface area contributed by atoms with Crippen molar-refractivity contribution in [3.05, 3.63) is 33.7 Å². The van der Waals surface area contributed by atoms with Gasteiger partial charge in [-0.2, -0.15) is 0 Å². The standard InChI is InChI=1S/C18H18N2O7S2.Na.H/c1-9(21)5-13(23)27-7-10-8-29-17-14(16(24)20(17)15(10)18(25)26)19-12(22)6-11-3-2-4-28-11;;/h2-4,14,17H,5-8H2,1H3,(H,19,22)(H,25,26);;/t14-,17-;;/m1../s1. The quantitative estimate of drug-likeness (QED) is 0.237. The number of esters is 1. The number of carbonyl (C=O) groups excluding carboxylic acids is 4. The molecule has 0 saturated carbocycles. The van der Waals surface area contributed by atoms with E-state index in [-0.39, 0.29) is 71.3 Å². The van der Waals surface area contributed by atoms with Gasteiger partial charge in [-0.05, 0) is 18.4 Å². The number of aliphatic carboxylic acids is 1. The molecule has 2 N–H and O–H groups in total. The van der Waals surface area contributed by atoms with Gasteiger partial charge in [0.1, 0.15) is 35.9 Å². The Labute approximate surface area is 202 Å². The van der Waals surface area contributed by atoms with Crippen molar-refractivity contribution in [2.75, 3.05) is 12.4 Å². The van der Waals surface area contributed by atoms with Crippen molar-refractivity contribution < 1.29 is 33.8 Å². The minimum absolute atomic E-state index is 0. The van der Waals surface area contributed by atoms with Crippen LogP contribution >= 0.6 is 23.1 Å². The van der Waals surface area contributed by atoms with E-state index in [0.717, 1.165) is 9.78 Å². The Kier molecular flexibility index (Phi) is 8.68. The van der Waals surface area contributed by atoms with Crippen molar-refractivity contribution in [3.63, 3.8) is 0 Å². The molecule has 1 fully saturated rings. The molecule has 2 aliphatic rings. The number of amides is 2. The summed E-state index contributed by atoms with van der Waals surface area (Å²) in [4.78, 5) is 60.9. The van der Waals surface area contributed by atoms with Crippen LogP contribution in [0.2, 0.25) is 0 Å². The molecule has 0 aliphatic carbocycles. The van der Waals surface area contributed by atoms with Gasteiger partial charge in [-0.3, -0.25) is 24.1 Å². The average Bonchev–Trinajstić information content (AvgIpc) is 3.15. The monoisotopic (exact) mass is 462 g/mol. The summed E-state index contributed by atoms with van der Waals surface area (Å²) < 4.78 is 4.96. The third-order valence-corrected chi connectivity index (χ3v) is 6.50. The number of fused-ring (bicyclic) bond motifs is 1. The Bertz CT molecular complexity index is 900. The van der Waals surface area contributed by atoms with E-state index in [0.29, 0.717) is 0 Å². The average molecular weight is 462 g/mol. The second kappa shape index (κ2) is 10.6. The number of thioether (sulfide) groups is 1. The first-order chi connectivity index (χ1) is 13.8. The van der Waals surface area contributed by atoms with Crippen LogP contribution in [0.25, 0.3) is 0 Å². The van der Waals surface area contributed by atoms with Gasteiger partial charge in [-0.15, -0.1) is 23.1 Å². The molecule has 0 bridgehead atoms. The summed E-state index contributed by atoms with van der Waals surface area (Å²) in [5.41, 5.74) is 0.0329. The maximum atomic E-state index is 12.5.